The van der Waals surface area contributed by atoms with Gasteiger partial charge in [-0.1, -0.05) is 23.2 Å². The molecule has 3 nitrogen and oxygen atoms in total. The van der Waals surface area contributed by atoms with E-state index < -0.39 is 17.3 Å². The zero-order valence-corrected chi connectivity index (χ0v) is 13.7. The van der Waals surface area contributed by atoms with Crippen molar-refractivity contribution < 1.29 is 14.4 Å². The van der Waals surface area contributed by atoms with Crippen LogP contribution in [0.2, 0.25) is 10.0 Å². The topological polar surface area (TPSA) is 51.2 Å². The monoisotopic (exact) mass is 346 g/mol. The van der Waals surface area contributed by atoms with Gasteiger partial charge in [-0.3, -0.25) is 14.4 Å². The highest BCUT2D eigenvalue weighted by Gasteiger charge is 2.18. The molecule has 0 amide bonds. The van der Waals surface area contributed by atoms with Gasteiger partial charge in [0.15, 0.2) is 17.3 Å². The minimum absolute atomic E-state index is 0.174. The van der Waals surface area contributed by atoms with E-state index in [1.807, 2.05) is 0 Å². The number of carbonyl (C=O) groups excluding carboxylic acids is 3. The molecule has 2 aromatic carbocycles. The quantitative estimate of drug-likeness (QED) is 0.344. The Morgan fingerprint density at radius 1 is 0.783 bits per heavy atom. The SMILES string of the molecule is CC(=O)C(=CC(=O)c1ccc(Cl)cc1)C(=O)c1ccc(Cl)cc1. The van der Waals surface area contributed by atoms with E-state index in [0.717, 1.165) is 6.08 Å². The van der Waals surface area contributed by atoms with Crippen molar-refractivity contribution in [1.82, 2.24) is 0 Å². The van der Waals surface area contributed by atoms with Gasteiger partial charge in [0.25, 0.3) is 0 Å². The second-order valence-corrected chi connectivity index (χ2v) is 5.69. The van der Waals surface area contributed by atoms with Crippen molar-refractivity contribution in [2.24, 2.45) is 0 Å². The van der Waals surface area contributed by atoms with Crippen LogP contribution in [0.1, 0.15) is 27.6 Å². The Bertz CT molecular complexity index is 788. The number of ketones is 3. The Kier molecular flexibility index (Phi) is 5.48. The maximum absolute atomic E-state index is 12.4. The smallest absolute Gasteiger partial charge is 0.196 e. The van der Waals surface area contributed by atoms with Crippen LogP contribution >= 0.6 is 23.2 Å². The first-order valence-electron chi connectivity index (χ1n) is 6.71. The average Bonchev–Trinajstić information content (AvgIpc) is 2.53. The standard InChI is InChI=1S/C18H12Cl2O3/c1-11(21)16(18(23)13-4-8-15(20)9-5-13)10-17(22)12-2-6-14(19)7-3-12/h2-10H,1H3. The van der Waals surface area contributed by atoms with Crippen molar-refractivity contribution in [3.63, 3.8) is 0 Å². The first-order chi connectivity index (χ1) is 10.9. The van der Waals surface area contributed by atoms with Crippen LogP contribution in [0.5, 0.6) is 0 Å². The summed E-state index contributed by atoms with van der Waals surface area (Å²) < 4.78 is 0. The fraction of sp³-hybridized carbons (Fsp3) is 0.0556. The Labute approximate surface area is 143 Å². The van der Waals surface area contributed by atoms with Gasteiger partial charge in [0.05, 0.1) is 5.57 Å². The zero-order chi connectivity index (χ0) is 17.0. The molecule has 116 valence electrons. The number of Topliss-reactive ketones (excluding diaryl/α,β-unsaturated/α-hetero) is 2. The van der Waals surface area contributed by atoms with E-state index in [0.29, 0.717) is 21.2 Å². The molecule has 0 radical (unpaired) electrons. The number of hydrogen-bond acceptors (Lipinski definition) is 3. The molecule has 2 rings (SSSR count). The molecular formula is C18H12Cl2O3. The van der Waals surface area contributed by atoms with Gasteiger partial charge in [-0.25, -0.2) is 0 Å². The molecule has 0 bridgehead atoms. The molecule has 0 N–H and O–H groups in total. The average molecular weight is 347 g/mol. The number of rotatable bonds is 5. The summed E-state index contributed by atoms with van der Waals surface area (Å²) in [6.45, 7) is 1.24. The lowest BCUT2D eigenvalue weighted by Crippen LogP contribution is -2.13. The van der Waals surface area contributed by atoms with Crippen molar-refractivity contribution >= 4 is 40.6 Å². The minimum Gasteiger partial charge on any atom is -0.294 e. The summed E-state index contributed by atoms with van der Waals surface area (Å²) in [5, 5.41) is 0.974. The molecular weight excluding hydrogens is 335 g/mol. The Hall–Kier alpha value is -2.23. The largest absolute Gasteiger partial charge is 0.294 e. The van der Waals surface area contributed by atoms with Crippen LogP contribution < -0.4 is 0 Å². The van der Waals surface area contributed by atoms with Crippen LogP contribution in [0.25, 0.3) is 0 Å². The van der Waals surface area contributed by atoms with E-state index in [2.05, 4.69) is 0 Å². The molecule has 0 saturated heterocycles. The molecule has 2 aromatic rings. The van der Waals surface area contributed by atoms with Crippen molar-refractivity contribution in [1.29, 1.82) is 0 Å². The van der Waals surface area contributed by atoms with E-state index in [4.69, 9.17) is 23.2 Å². The third-order valence-electron chi connectivity index (χ3n) is 3.13. The van der Waals surface area contributed by atoms with E-state index in [9.17, 15) is 14.4 Å². The molecule has 0 heterocycles. The molecule has 0 fully saturated rings. The number of hydrogen-bond donors (Lipinski definition) is 0. The van der Waals surface area contributed by atoms with Gasteiger partial charge in [0.2, 0.25) is 0 Å². The highest BCUT2D eigenvalue weighted by molar-refractivity contribution is 6.32. The van der Waals surface area contributed by atoms with E-state index >= 15 is 0 Å². The number of halogens is 2. The van der Waals surface area contributed by atoms with Crippen molar-refractivity contribution in [2.75, 3.05) is 0 Å². The Morgan fingerprint density at radius 2 is 1.22 bits per heavy atom. The minimum atomic E-state index is -0.517. The molecule has 0 spiro atoms. The molecule has 5 heteroatoms. The fourth-order valence-electron chi connectivity index (χ4n) is 1.91. The summed E-state index contributed by atoms with van der Waals surface area (Å²) in [5.41, 5.74) is 0.462. The third kappa shape index (κ3) is 4.38. The molecule has 0 aliphatic heterocycles. The lowest BCUT2D eigenvalue weighted by atomic mass is 9.98. The van der Waals surface area contributed by atoms with Gasteiger partial charge in [-0.15, -0.1) is 0 Å². The number of carbonyl (C=O) groups is 3. The maximum atomic E-state index is 12.4. The lowest BCUT2D eigenvalue weighted by molar-refractivity contribution is -0.113. The summed E-state index contributed by atoms with van der Waals surface area (Å²) in [6, 6.07) is 12.3. The number of benzene rings is 2. The van der Waals surface area contributed by atoms with Gasteiger partial charge in [0, 0.05) is 27.2 Å². The van der Waals surface area contributed by atoms with Gasteiger partial charge < -0.3 is 0 Å². The van der Waals surface area contributed by atoms with Crippen LogP contribution in [0, 0.1) is 0 Å². The van der Waals surface area contributed by atoms with E-state index in [1.54, 1.807) is 24.3 Å². The summed E-state index contributed by atoms with van der Waals surface area (Å²) in [4.78, 5) is 36.4. The summed E-state index contributed by atoms with van der Waals surface area (Å²) >= 11 is 11.5. The normalized spacial score (nSPS) is 11.2. The second-order valence-electron chi connectivity index (χ2n) is 4.82. The molecule has 0 atom stereocenters. The number of allylic oxidation sites excluding steroid dienone is 2. The molecule has 0 unspecified atom stereocenters. The molecule has 0 aromatic heterocycles. The first kappa shape index (κ1) is 17.1. The van der Waals surface area contributed by atoms with Crippen molar-refractivity contribution in [3.05, 3.63) is 81.4 Å². The van der Waals surface area contributed by atoms with Crippen molar-refractivity contribution in [2.45, 2.75) is 6.92 Å². The van der Waals surface area contributed by atoms with Crippen LogP contribution in [0.3, 0.4) is 0 Å². The van der Waals surface area contributed by atoms with Crippen LogP contribution in [0.4, 0.5) is 0 Å². The van der Waals surface area contributed by atoms with Gasteiger partial charge in [-0.2, -0.15) is 0 Å². The molecule has 23 heavy (non-hydrogen) atoms. The van der Waals surface area contributed by atoms with Crippen LogP contribution in [-0.4, -0.2) is 17.3 Å². The molecule has 0 aliphatic rings. The molecule has 0 saturated carbocycles. The lowest BCUT2D eigenvalue weighted by Gasteiger charge is -2.04. The fourth-order valence-corrected chi connectivity index (χ4v) is 2.16. The van der Waals surface area contributed by atoms with Crippen molar-refractivity contribution in [3.8, 4) is 0 Å². The molecule has 0 aliphatic carbocycles. The van der Waals surface area contributed by atoms with Gasteiger partial charge in [-0.05, 0) is 55.5 Å². The van der Waals surface area contributed by atoms with Gasteiger partial charge in [0.1, 0.15) is 0 Å². The first-order valence-corrected chi connectivity index (χ1v) is 7.47. The van der Waals surface area contributed by atoms with Crippen LogP contribution in [0.15, 0.2) is 60.2 Å². The van der Waals surface area contributed by atoms with Gasteiger partial charge >= 0.3 is 0 Å². The second kappa shape index (κ2) is 7.36. The van der Waals surface area contributed by atoms with Crippen LogP contribution in [-0.2, 0) is 4.79 Å². The predicted octanol–water partition coefficient (Wildman–Crippen LogP) is 4.57. The predicted molar refractivity (Wildman–Crippen MR) is 90.3 cm³/mol. The summed E-state index contributed by atoms with van der Waals surface area (Å²) in [5.74, 6) is -1.43. The summed E-state index contributed by atoms with van der Waals surface area (Å²) in [6.07, 6.45) is 1.06. The summed E-state index contributed by atoms with van der Waals surface area (Å²) in [7, 11) is 0. The van der Waals surface area contributed by atoms with E-state index in [-0.39, 0.29) is 5.57 Å². The zero-order valence-electron chi connectivity index (χ0n) is 12.2. The Balaban J connectivity index is 2.35. The highest BCUT2D eigenvalue weighted by atomic mass is 35.5. The third-order valence-corrected chi connectivity index (χ3v) is 3.64. The van der Waals surface area contributed by atoms with E-state index in [1.165, 1.54) is 31.2 Å². The highest BCUT2D eigenvalue weighted by Crippen LogP contribution is 2.16. The maximum Gasteiger partial charge on any atom is 0.196 e. The Morgan fingerprint density at radius 3 is 1.65 bits per heavy atom.